The van der Waals surface area contributed by atoms with Gasteiger partial charge in [0.15, 0.2) is 5.78 Å². The van der Waals surface area contributed by atoms with E-state index in [1.807, 2.05) is 0 Å². The summed E-state index contributed by atoms with van der Waals surface area (Å²) in [5.41, 5.74) is -0.319. The molecule has 0 amide bonds. The fraction of sp³-hybridized carbons (Fsp3) is 0.929. The van der Waals surface area contributed by atoms with Crippen LogP contribution in [0.15, 0.2) is 0 Å². The quantitative estimate of drug-likeness (QED) is 0.800. The highest BCUT2D eigenvalue weighted by Gasteiger charge is 2.34. The summed E-state index contributed by atoms with van der Waals surface area (Å²) in [6.45, 7) is 8.93. The number of nitrogens with one attached hydrogen (secondary N) is 1. The van der Waals surface area contributed by atoms with E-state index in [9.17, 15) is 4.79 Å². The molecule has 0 spiro atoms. The minimum Gasteiger partial charge on any atom is -0.378 e. The maximum atomic E-state index is 12.4. The van der Waals surface area contributed by atoms with E-state index < -0.39 is 0 Å². The third kappa shape index (κ3) is 3.31. The molecular weight excluding hydrogens is 228 g/mol. The van der Waals surface area contributed by atoms with Gasteiger partial charge in [-0.05, 0) is 33.1 Å². The third-order valence-electron chi connectivity index (χ3n) is 4.31. The molecule has 0 aromatic heterocycles. The molecule has 18 heavy (non-hydrogen) atoms. The van der Waals surface area contributed by atoms with Crippen LogP contribution in [-0.4, -0.2) is 55.1 Å². The zero-order valence-corrected chi connectivity index (χ0v) is 11.7. The Kier molecular flexibility index (Phi) is 4.76. The van der Waals surface area contributed by atoms with Gasteiger partial charge in [-0.15, -0.1) is 0 Å². The molecule has 4 heteroatoms. The monoisotopic (exact) mass is 254 g/mol. The highest BCUT2D eigenvalue weighted by atomic mass is 16.5. The van der Waals surface area contributed by atoms with Gasteiger partial charge in [-0.25, -0.2) is 0 Å². The molecule has 0 aromatic rings. The Morgan fingerprint density at radius 2 is 2.11 bits per heavy atom. The first-order valence-electron chi connectivity index (χ1n) is 7.21. The van der Waals surface area contributed by atoms with Crippen LogP contribution in [0.5, 0.6) is 0 Å². The number of carbonyl (C=O) groups excluding carboxylic acids is 1. The van der Waals surface area contributed by atoms with Crippen LogP contribution < -0.4 is 5.32 Å². The summed E-state index contributed by atoms with van der Waals surface area (Å²) in [5, 5.41) is 3.33. The van der Waals surface area contributed by atoms with Gasteiger partial charge in [0.05, 0.1) is 11.6 Å². The predicted molar refractivity (Wildman–Crippen MR) is 71.7 cm³/mol. The van der Waals surface area contributed by atoms with Gasteiger partial charge in [0.2, 0.25) is 0 Å². The molecule has 2 heterocycles. The van der Waals surface area contributed by atoms with E-state index >= 15 is 0 Å². The van der Waals surface area contributed by atoms with Gasteiger partial charge in [0.1, 0.15) is 0 Å². The molecule has 1 atom stereocenters. The Morgan fingerprint density at radius 3 is 2.72 bits per heavy atom. The number of piperazine rings is 1. The van der Waals surface area contributed by atoms with Gasteiger partial charge >= 0.3 is 0 Å². The van der Waals surface area contributed by atoms with Crippen molar-refractivity contribution in [2.75, 3.05) is 32.8 Å². The predicted octanol–water partition coefficient (Wildman–Crippen LogP) is 1.20. The van der Waals surface area contributed by atoms with Gasteiger partial charge in [0.25, 0.3) is 0 Å². The second-order valence-corrected chi connectivity index (χ2v) is 5.89. The van der Waals surface area contributed by atoms with E-state index in [4.69, 9.17) is 4.74 Å². The van der Waals surface area contributed by atoms with E-state index in [1.165, 1.54) is 0 Å². The molecule has 2 saturated heterocycles. The lowest BCUT2D eigenvalue weighted by Crippen LogP contribution is -2.57. The topological polar surface area (TPSA) is 41.6 Å². The van der Waals surface area contributed by atoms with E-state index in [-0.39, 0.29) is 5.54 Å². The molecule has 104 valence electrons. The summed E-state index contributed by atoms with van der Waals surface area (Å²) in [5.74, 6) is 0.361. The lowest BCUT2D eigenvalue weighted by molar-refractivity contribution is -0.130. The lowest BCUT2D eigenvalue weighted by Gasteiger charge is -2.40. The maximum absolute atomic E-state index is 12.4. The van der Waals surface area contributed by atoms with Crippen LogP contribution in [0.25, 0.3) is 0 Å². The molecule has 0 radical (unpaired) electrons. The summed E-state index contributed by atoms with van der Waals surface area (Å²) >= 11 is 0. The number of carbonyl (C=O) groups is 1. The van der Waals surface area contributed by atoms with Crippen molar-refractivity contribution in [3.63, 3.8) is 0 Å². The maximum Gasteiger partial charge on any atom is 0.152 e. The van der Waals surface area contributed by atoms with Gasteiger partial charge in [0, 0.05) is 39.2 Å². The average molecular weight is 254 g/mol. The number of ether oxygens (including phenoxy) is 1. The van der Waals surface area contributed by atoms with Crippen molar-refractivity contribution in [3.05, 3.63) is 0 Å². The summed E-state index contributed by atoms with van der Waals surface area (Å²) < 4.78 is 5.59. The average Bonchev–Trinajstić information content (AvgIpc) is 2.90. The summed E-state index contributed by atoms with van der Waals surface area (Å²) in [6, 6.07) is 0. The van der Waals surface area contributed by atoms with Crippen molar-refractivity contribution in [1.29, 1.82) is 0 Å². The van der Waals surface area contributed by atoms with Crippen molar-refractivity contribution < 1.29 is 9.53 Å². The second-order valence-electron chi connectivity index (χ2n) is 5.89. The molecule has 4 nitrogen and oxygen atoms in total. The van der Waals surface area contributed by atoms with Crippen molar-refractivity contribution in [1.82, 2.24) is 10.2 Å². The minimum atomic E-state index is -0.319. The highest BCUT2D eigenvalue weighted by Crippen LogP contribution is 2.22. The van der Waals surface area contributed by atoms with Gasteiger partial charge in [-0.1, -0.05) is 0 Å². The normalized spacial score (nSPS) is 26.4. The molecule has 0 aromatic carbocycles. The van der Waals surface area contributed by atoms with Crippen LogP contribution in [0.1, 0.15) is 39.5 Å². The zero-order chi connectivity index (χ0) is 13.0. The summed E-state index contributed by atoms with van der Waals surface area (Å²) in [4.78, 5) is 14.7. The first kappa shape index (κ1) is 14.0. The van der Waals surface area contributed by atoms with Crippen molar-refractivity contribution in [2.24, 2.45) is 0 Å². The SMILES string of the molecule is CC(C)(C(=O)CCC1CCCO1)N1CCNCC1. The Labute approximate surface area is 110 Å². The third-order valence-corrected chi connectivity index (χ3v) is 4.31. The van der Waals surface area contributed by atoms with Crippen molar-refractivity contribution >= 4 is 5.78 Å². The van der Waals surface area contributed by atoms with Gasteiger partial charge in [-0.2, -0.15) is 0 Å². The number of hydrogen-bond donors (Lipinski definition) is 1. The Balaban J connectivity index is 1.81. The van der Waals surface area contributed by atoms with Crippen LogP contribution in [0.2, 0.25) is 0 Å². The molecular formula is C14H26N2O2. The zero-order valence-electron chi connectivity index (χ0n) is 11.7. The fourth-order valence-corrected chi connectivity index (χ4v) is 2.87. The van der Waals surface area contributed by atoms with E-state index in [0.29, 0.717) is 18.3 Å². The van der Waals surface area contributed by atoms with Crippen molar-refractivity contribution in [3.8, 4) is 0 Å². The smallest absolute Gasteiger partial charge is 0.152 e. The van der Waals surface area contributed by atoms with Crippen LogP contribution >= 0.6 is 0 Å². The first-order valence-corrected chi connectivity index (χ1v) is 7.21. The largest absolute Gasteiger partial charge is 0.378 e. The molecule has 0 saturated carbocycles. The van der Waals surface area contributed by atoms with E-state index in [0.717, 1.165) is 52.0 Å². The second kappa shape index (κ2) is 6.13. The molecule has 1 unspecified atom stereocenters. The number of ketones is 1. The number of Topliss-reactive ketones (excluding diaryl/α,β-unsaturated/α-hetero) is 1. The van der Waals surface area contributed by atoms with Crippen molar-refractivity contribution in [2.45, 2.75) is 51.2 Å². The van der Waals surface area contributed by atoms with Gasteiger partial charge in [-0.3, -0.25) is 9.69 Å². The van der Waals surface area contributed by atoms with Crippen LogP contribution in [0.4, 0.5) is 0 Å². The molecule has 0 bridgehead atoms. The first-order chi connectivity index (χ1) is 8.60. The van der Waals surface area contributed by atoms with Crippen LogP contribution in [-0.2, 0) is 9.53 Å². The molecule has 2 aliphatic heterocycles. The standard InChI is InChI=1S/C14H26N2O2/c1-14(2,16-9-7-15-8-10-16)13(17)6-5-12-4-3-11-18-12/h12,15H,3-11H2,1-2H3. The van der Waals surface area contributed by atoms with E-state index in [1.54, 1.807) is 0 Å². The molecule has 2 aliphatic rings. The van der Waals surface area contributed by atoms with Crippen LogP contribution in [0.3, 0.4) is 0 Å². The Bertz CT molecular complexity index is 280. The summed E-state index contributed by atoms with van der Waals surface area (Å²) in [6.07, 6.45) is 4.16. The van der Waals surface area contributed by atoms with Gasteiger partial charge < -0.3 is 10.1 Å². The number of nitrogens with zero attached hydrogens (tertiary/aromatic N) is 1. The molecule has 0 aliphatic carbocycles. The number of rotatable bonds is 5. The molecule has 2 rings (SSSR count). The molecule has 1 N–H and O–H groups in total. The van der Waals surface area contributed by atoms with E-state index in [2.05, 4.69) is 24.1 Å². The lowest BCUT2D eigenvalue weighted by atomic mass is 9.91. The fourth-order valence-electron chi connectivity index (χ4n) is 2.87. The number of hydrogen-bond acceptors (Lipinski definition) is 4. The minimum absolute atomic E-state index is 0.319. The Hall–Kier alpha value is -0.450. The molecule has 2 fully saturated rings. The summed E-state index contributed by atoms with van der Waals surface area (Å²) in [7, 11) is 0. The highest BCUT2D eigenvalue weighted by molar-refractivity contribution is 5.87. The van der Waals surface area contributed by atoms with Crippen LogP contribution in [0, 0.1) is 0 Å². The Morgan fingerprint density at radius 1 is 1.39 bits per heavy atom.